The molecule has 2 rings (SSSR count). The molecule has 0 unspecified atom stereocenters. The number of aryl methyl sites for hydroxylation is 1. The molecule has 2 aromatic rings. The Balaban J connectivity index is 2.33. The average Bonchev–Trinajstić information content (AvgIpc) is 2.73. The Hall–Kier alpha value is -2.04. The lowest BCUT2D eigenvalue weighted by Gasteiger charge is -2.05. The maximum atomic E-state index is 13.2. The number of nitroso groups, excluding NO2 is 1. The van der Waals surface area contributed by atoms with Crippen molar-refractivity contribution in [2.75, 3.05) is 0 Å². The quantitative estimate of drug-likeness (QED) is 0.775. The molecule has 1 aromatic heterocycles. The van der Waals surface area contributed by atoms with Gasteiger partial charge in [0.2, 0.25) is 0 Å². The Kier molecular flexibility index (Phi) is 3.74. The molecule has 1 heterocycles. The standard InChI is InChI=1S/C14H15FN2O2/c1-9(10(2)18)3-4-11-8-17(16-19)14-7-12(15)5-6-13(11)14/h5-9H,3-4H2,1-2H3/t9-/m1/s1. The first-order chi connectivity index (χ1) is 9.02. The van der Waals surface area contributed by atoms with Crippen molar-refractivity contribution >= 4 is 16.7 Å². The van der Waals surface area contributed by atoms with E-state index in [0.717, 1.165) is 15.6 Å². The highest BCUT2D eigenvalue weighted by Gasteiger charge is 2.13. The summed E-state index contributed by atoms with van der Waals surface area (Å²) in [7, 11) is 0. The number of halogens is 1. The molecular formula is C14H15FN2O2. The van der Waals surface area contributed by atoms with Gasteiger partial charge < -0.3 is 0 Å². The zero-order valence-corrected chi connectivity index (χ0v) is 10.9. The van der Waals surface area contributed by atoms with Crippen molar-refractivity contribution < 1.29 is 9.18 Å². The number of ketones is 1. The number of rotatable bonds is 5. The van der Waals surface area contributed by atoms with Gasteiger partial charge in [-0.25, -0.2) is 9.07 Å². The molecule has 4 nitrogen and oxygen atoms in total. The topological polar surface area (TPSA) is 51.4 Å². The van der Waals surface area contributed by atoms with Crippen LogP contribution < -0.4 is 0 Å². The van der Waals surface area contributed by atoms with Crippen LogP contribution in [0.4, 0.5) is 4.39 Å². The number of carbonyl (C=O) groups is 1. The van der Waals surface area contributed by atoms with Crippen molar-refractivity contribution in [3.63, 3.8) is 0 Å². The molecule has 19 heavy (non-hydrogen) atoms. The summed E-state index contributed by atoms with van der Waals surface area (Å²) in [5.41, 5.74) is 1.36. The smallest absolute Gasteiger partial charge is 0.132 e. The Bertz CT molecular complexity index is 634. The molecule has 0 aliphatic heterocycles. The van der Waals surface area contributed by atoms with Crippen molar-refractivity contribution in [1.82, 2.24) is 4.68 Å². The molecule has 0 spiro atoms. The fraction of sp³-hybridized carbons (Fsp3) is 0.357. The second kappa shape index (κ2) is 5.30. The van der Waals surface area contributed by atoms with Crippen molar-refractivity contribution in [2.45, 2.75) is 26.7 Å². The molecule has 100 valence electrons. The van der Waals surface area contributed by atoms with Gasteiger partial charge in [0.25, 0.3) is 0 Å². The van der Waals surface area contributed by atoms with Gasteiger partial charge in [-0.2, -0.15) is 0 Å². The molecule has 0 saturated heterocycles. The summed E-state index contributed by atoms with van der Waals surface area (Å²) in [6.45, 7) is 3.44. The van der Waals surface area contributed by atoms with Gasteiger partial charge in [-0.3, -0.25) is 4.79 Å². The average molecular weight is 262 g/mol. The maximum absolute atomic E-state index is 13.2. The third kappa shape index (κ3) is 2.70. The molecule has 0 radical (unpaired) electrons. The number of carbonyl (C=O) groups excluding carboxylic acids is 1. The first-order valence-electron chi connectivity index (χ1n) is 6.16. The normalized spacial score (nSPS) is 12.6. The van der Waals surface area contributed by atoms with E-state index in [2.05, 4.69) is 5.29 Å². The van der Waals surface area contributed by atoms with Crippen molar-refractivity contribution in [2.24, 2.45) is 11.2 Å². The highest BCUT2D eigenvalue weighted by Crippen LogP contribution is 2.24. The molecule has 5 heteroatoms. The third-order valence-electron chi connectivity index (χ3n) is 3.46. The summed E-state index contributed by atoms with van der Waals surface area (Å²) in [6, 6.07) is 4.28. The van der Waals surface area contributed by atoms with Gasteiger partial charge in [-0.05, 0) is 37.5 Å². The Morgan fingerprint density at radius 1 is 1.47 bits per heavy atom. The molecule has 0 fully saturated rings. The van der Waals surface area contributed by atoms with Crippen LogP contribution in [0.3, 0.4) is 0 Å². The van der Waals surface area contributed by atoms with Gasteiger partial charge in [0.1, 0.15) is 11.6 Å². The number of hydrogen-bond donors (Lipinski definition) is 0. The Morgan fingerprint density at radius 2 is 2.21 bits per heavy atom. The van der Waals surface area contributed by atoms with Gasteiger partial charge >= 0.3 is 0 Å². The largest absolute Gasteiger partial charge is 0.300 e. The molecule has 1 aromatic carbocycles. The van der Waals surface area contributed by atoms with Crippen LogP contribution in [0.2, 0.25) is 0 Å². The van der Waals surface area contributed by atoms with E-state index in [1.807, 2.05) is 6.92 Å². The van der Waals surface area contributed by atoms with E-state index in [4.69, 9.17) is 0 Å². The summed E-state index contributed by atoms with van der Waals surface area (Å²) in [4.78, 5) is 21.9. The third-order valence-corrected chi connectivity index (χ3v) is 3.46. The van der Waals surface area contributed by atoms with Gasteiger partial charge in [0.05, 0.1) is 10.8 Å². The molecule has 0 amide bonds. The van der Waals surface area contributed by atoms with E-state index in [9.17, 15) is 14.1 Å². The summed E-state index contributed by atoms with van der Waals surface area (Å²) >= 11 is 0. The predicted octanol–water partition coefficient (Wildman–Crippen LogP) is 3.47. The van der Waals surface area contributed by atoms with Crippen molar-refractivity contribution in [3.8, 4) is 0 Å². The SMILES string of the molecule is CC(=O)[C@H](C)CCc1cn(N=O)c2cc(F)ccc12. The molecule has 0 bridgehead atoms. The number of hydrogen-bond acceptors (Lipinski definition) is 3. The number of benzene rings is 1. The van der Waals surface area contributed by atoms with E-state index < -0.39 is 5.82 Å². The summed E-state index contributed by atoms with van der Waals surface area (Å²) in [5.74, 6) is -0.287. The number of nitrogens with zero attached hydrogens (tertiary/aromatic N) is 2. The fourth-order valence-corrected chi connectivity index (χ4v) is 2.09. The molecule has 0 saturated carbocycles. The van der Waals surface area contributed by atoms with Crippen LogP contribution in [0, 0.1) is 16.6 Å². The lowest BCUT2D eigenvalue weighted by atomic mass is 9.98. The lowest BCUT2D eigenvalue weighted by Crippen LogP contribution is -2.07. The minimum Gasteiger partial charge on any atom is -0.300 e. The Labute approximate surface area is 110 Å². The van der Waals surface area contributed by atoms with E-state index >= 15 is 0 Å². The van der Waals surface area contributed by atoms with Crippen LogP contribution in [0.15, 0.2) is 29.7 Å². The first-order valence-corrected chi connectivity index (χ1v) is 6.16. The number of fused-ring (bicyclic) bond motifs is 1. The van der Waals surface area contributed by atoms with Crippen LogP contribution in [-0.2, 0) is 11.2 Å². The van der Waals surface area contributed by atoms with Gasteiger partial charge in [0.15, 0.2) is 0 Å². The summed E-state index contributed by atoms with van der Waals surface area (Å²) in [6.07, 6.45) is 2.96. The summed E-state index contributed by atoms with van der Waals surface area (Å²) in [5, 5.41) is 3.66. The van der Waals surface area contributed by atoms with E-state index in [-0.39, 0.29) is 11.7 Å². The molecular weight excluding hydrogens is 247 g/mol. The number of Topliss-reactive ketones (excluding diaryl/α,β-unsaturated/α-hetero) is 1. The van der Waals surface area contributed by atoms with Crippen LogP contribution in [-0.4, -0.2) is 10.5 Å². The second-order valence-electron chi connectivity index (χ2n) is 4.79. The summed E-state index contributed by atoms with van der Waals surface area (Å²) < 4.78 is 14.3. The number of aromatic nitrogens is 1. The van der Waals surface area contributed by atoms with Crippen molar-refractivity contribution in [3.05, 3.63) is 40.7 Å². The van der Waals surface area contributed by atoms with Gasteiger partial charge in [0, 0.05) is 23.6 Å². The van der Waals surface area contributed by atoms with E-state index in [0.29, 0.717) is 18.4 Å². The Morgan fingerprint density at radius 3 is 2.84 bits per heavy atom. The maximum Gasteiger partial charge on any atom is 0.132 e. The highest BCUT2D eigenvalue weighted by atomic mass is 19.1. The molecule has 1 atom stereocenters. The van der Waals surface area contributed by atoms with Gasteiger partial charge in [-0.1, -0.05) is 6.92 Å². The van der Waals surface area contributed by atoms with Crippen LogP contribution in [0.1, 0.15) is 25.8 Å². The predicted molar refractivity (Wildman–Crippen MR) is 71.3 cm³/mol. The minimum absolute atomic E-state index is 0.0250. The van der Waals surface area contributed by atoms with Crippen LogP contribution in [0.5, 0.6) is 0 Å². The minimum atomic E-state index is -0.404. The monoisotopic (exact) mass is 262 g/mol. The van der Waals surface area contributed by atoms with Gasteiger partial charge in [-0.15, -0.1) is 4.91 Å². The van der Waals surface area contributed by atoms with Crippen molar-refractivity contribution in [1.29, 1.82) is 0 Å². The highest BCUT2D eigenvalue weighted by molar-refractivity contribution is 5.84. The zero-order chi connectivity index (χ0) is 14.0. The fourth-order valence-electron chi connectivity index (χ4n) is 2.09. The van der Waals surface area contributed by atoms with E-state index in [1.54, 1.807) is 19.2 Å². The zero-order valence-electron chi connectivity index (χ0n) is 10.9. The van der Waals surface area contributed by atoms with E-state index in [1.165, 1.54) is 12.1 Å². The molecule has 0 N–H and O–H groups in total. The van der Waals surface area contributed by atoms with Crippen LogP contribution >= 0.6 is 0 Å². The van der Waals surface area contributed by atoms with Crippen LogP contribution in [0.25, 0.3) is 10.9 Å². The lowest BCUT2D eigenvalue weighted by molar-refractivity contribution is -0.120. The molecule has 0 aliphatic carbocycles. The first kappa shape index (κ1) is 13.4. The molecule has 0 aliphatic rings. The second-order valence-corrected chi connectivity index (χ2v) is 4.79.